The molecule has 0 unspecified atom stereocenters. The molecule has 0 saturated heterocycles. The number of para-hydroxylation sites is 1. The minimum atomic E-state index is -0.198. The van der Waals surface area contributed by atoms with E-state index in [4.69, 9.17) is 14.2 Å². The van der Waals surface area contributed by atoms with Gasteiger partial charge in [0.1, 0.15) is 12.4 Å². The summed E-state index contributed by atoms with van der Waals surface area (Å²) in [5.41, 5.74) is 1.75. The molecule has 5 heteroatoms. The van der Waals surface area contributed by atoms with Crippen molar-refractivity contribution in [3.05, 3.63) is 53.6 Å². The summed E-state index contributed by atoms with van der Waals surface area (Å²) in [6.07, 6.45) is 0. The van der Waals surface area contributed by atoms with Crippen molar-refractivity contribution in [2.45, 2.75) is 19.8 Å². The minimum Gasteiger partial charge on any atom is -0.492 e. The van der Waals surface area contributed by atoms with Crippen LogP contribution in [0.2, 0.25) is 0 Å². The predicted molar refractivity (Wildman–Crippen MR) is 90.9 cm³/mol. The number of rotatable bonds is 6. The number of hydrogen-bond donors (Lipinski definition) is 1. The van der Waals surface area contributed by atoms with E-state index >= 15 is 0 Å². The topological polar surface area (TPSA) is 56.8 Å². The summed E-state index contributed by atoms with van der Waals surface area (Å²) >= 11 is 0. The molecule has 0 saturated carbocycles. The van der Waals surface area contributed by atoms with Crippen LogP contribution < -0.4 is 19.5 Å². The second-order valence-corrected chi connectivity index (χ2v) is 5.87. The van der Waals surface area contributed by atoms with Crippen LogP contribution in [0.1, 0.15) is 35.7 Å². The molecule has 1 amide bonds. The zero-order chi connectivity index (χ0) is 16.9. The van der Waals surface area contributed by atoms with Gasteiger partial charge >= 0.3 is 0 Å². The summed E-state index contributed by atoms with van der Waals surface area (Å²) in [4.78, 5) is 12.2. The number of carbonyl (C=O) groups excluding carboxylic acids is 1. The Hall–Kier alpha value is -2.69. The third-order valence-corrected chi connectivity index (χ3v) is 3.84. The molecule has 0 atom stereocenters. The van der Waals surface area contributed by atoms with Crippen molar-refractivity contribution in [3.8, 4) is 17.2 Å². The highest BCUT2D eigenvalue weighted by Crippen LogP contribution is 2.35. The first kappa shape index (κ1) is 16.2. The van der Waals surface area contributed by atoms with E-state index in [0.29, 0.717) is 36.1 Å². The van der Waals surface area contributed by atoms with Crippen LogP contribution in [-0.2, 0) is 0 Å². The molecule has 126 valence electrons. The fourth-order valence-corrected chi connectivity index (χ4v) is 2.49. The summed E-state index contributed by atoms with van der Waals surface area (Å²) in [5.74, 6) is 2.20. The van der Waals surface area contributed by atoms with E-state index in [2.05, 4.69) is 31.3 Å². The van der Waals surface area contributed by atoms with Gasteiger partial charge < -0.3 is 19.5 Å². The van der Waals surface area contributed by atoms with E-state index in [0.717, 1.165) is 5.75 Å². The average molecular weight is 327 g/mol. The maximum absolute atomic E-state index is 12.2. The quantitative estimate of drug-likeness (QED) is 0.827. The zero-order valence-electron chi connectivity index (χ0n) is 13.9. The van der Waals surface area contributed by atoms with E-state index in [9.17, 15) is 4.79 Å². The predicted octanol–water partition coefficient (Wildman–Crippen LogP) is 3.35. The molecule has 24 heavy (non-hydrogen) atoms. The summed E-state index contributed by atoms with van der Waals surface area (Å²) < 4.78 is 16.3. The van der Waals surface area contributed by atoms with Crippen LogP contribution in [0.4, 0.5) is 0 Å². The highest BCUT2D eigenvalue weighted by atomic mass is 16.7. The molecule has 0 aromatic heterocycles. The molecular formula is C19H21NO4. The van der Waals surface area contributed by atoms with Gasteiger partial charge in [0.25, 0.3) is 5.91 Å². The first-order valence-electron chi connectivity index (χ1n) is 8.04. The van der Waals surface area contributed by atoms with Gasteiger partial charge in [0, 0.05) is 0 Å². The summed E-state index contributed by atoms with van der Waals surface area (Å²) in [7, 11) is 0. The maximum Gasteiger partial charge on any atom is 0.255 e. The molecular weight excluding hydrogens is 306 g/mol. The van der Waals surface area contributed by atoms with E-state index in [1.807, 2.05) is 12.1 Å². The average Bonchev–Trinajstić information content (AvgIpc) is 3.07. The van der Waals surface area contributed by atoms with Crippen LogP contribution in [0, 0.1) is 0 Å². The molecule has 0 bridgehead atoms. The lowest BCUT2D eigenvalue weighted by atomic mass is 10.0. The number of nitrogens with one attached hydrogen (secondary N) is 1. The molecule has 1 aliphatic heterocycles. The third-order valence-electron chi connectivity index (χ3n) is 3.84. The fraction of sp³-hybridized carbons (Fsp3) is 0.316. The van der Waals surface area contributed by atoms with Crippen molar-refractivity contribution in [2.24, 2.45) is 0 Å². The number of amides is 1. The van der Waals surface area contributed by atoms with E-state index in [1.54, 1.807) is 18.2 Å². The Morgan fingerprint density at radius 1 is 1.17 bits per heavy atom. The monoisotopic (exact) mass is 327 g/mol. The van der Waals surface area contributed by atoms with Crippen molar-refractivity contribution in [1.82, 2.24) is 5.32 Å². The smallest absolute Gasteiger partial charge is 0.255 e. The van der Waals surface area contributed by atoms with E-state index in [-0.39, 0.29) is 12.7 Å². The summed E-state index contributed by atoms with van der Waals surface area (Å²) in [5, 5.41) is 2.83. The number of hydrogen-bond acceptors (Lipinski definition) is 4. The second-order valence-electron chi connectivity index (χ2n) is 5.87. The molecule has 1 heterocycles. The molecule has 0 aliphatic carbocycles. The van der Waals surface area contributed by atoms with Gasteiger partial charge in [-0.25, -0.2) is 0 Å². The van der Waals surface area contributed by atoms with Gasteiger partial charge in [0.05, 0.1) is 12.1 Å². The van der Waals surface area contributed by atoms with Crippen LogP contribution in [0.15, 0.2) is 42.5 Å². The minimum absolute atomic E-state index is 0.148. The first-order chi connectivity index (χ1) is 11.6. The van der Waals surface area contributed by atoms with E-state index < -0.39 is 0 Å². The SMILES string of the molecule is CC(C)c1ccc(OCCNC(=O)c2cccc3c2OCO3)cc1. The van der Waals surface area contributed by atoms with Crippen molar-refractivity contribution in [3.63, 3.8) is 0 Å². The van der Waals surface area contributed by atoms with Crippen LogP contribution in [0.5, 0.6) is 17.2 Å². The van der Waals surface area contributed by atoms with Crippen molar-refractivity contribution in [2.75, 3.05) is 19.9 Å². The van der Waals surface area contributed by atoms with Gasteiger partial charge in [-0.3, -0.25) is 4.79 Å². The summed E-state index contributed by atoms with van der Waals surface area (Å²) in [6, 6.07) is 13.3. The summed E-state index contributed by atoms with van der Waals surface area (Å²) in [6.45, 7) is 5.27. The molecule has 0 radical (unpaired) electrons. The van der Waals surface area contributed by atoms with Gasteiger partial charge in [0.15, 0.2) is 11.5 Å². The Morgan fingerprint density at radius 2 is 1.96 bits per heavy atom. The van der Waals surface area contributed by atoms with Crippen LogP contribution in [-0.4, -0.2) is 25.9 Å². The molecule has 1 aliphatic rings. The van der Waals surface area contributed by atoms with Gasteiger partial charge in [-0.2, -0.15) is 0 Å². The first-order valence-corrected chi connectivity index (χ1v) is 8.04. The van der Waals surface area contributed by atoms with E-state index in [1.165, 1.54) is 5.56 Å². The van der Waals surface area contributed by atoms with Crippen molar-refractivity contribution in [1.29, 1.82) is 0 Å². The van der Waals surface area contributed by atoms with Gasteiger partial charge in [0.2, 0.25) is 6.79 Å². The third kappa shape index (κ3) is 3.62. The number of ether oxygens (including phenoxy) is 3. The highest BCUT2D eigenvalue weighted by molar-refractivity contribution is 5.97. The number of benzene rings is 2. The van der Waals surface area contributed by atoms with Crippen LogP contribution in [0.25, 0.3) is 0 Å². The fourth-order valence-electron chi connectivity index (χ4n) is 2.49. The molecule has 5 nitrogen and oxygen atoms in total. The molecule has 0 spiro atoms. The Balaban J connectivity index is 1.48. The Kier molecular flexibility index (Phi) is 4.89. The standard InChI is InChI=1S/C19H21NO4/c1-13(2)14-6-8-15(9-7-14)22-11-10-20-19(21)16-4-3-5-17-18(16)24-12-23-17/h3-9,13H,10-12H2,1-2H3,(H,20,21). The molecule has 2 aromatic carbocycles. The van der Waals surface area contributed by atoms with Crippen molar-refractivity contribution >= 4 is 5.91 Å². The van der Waals surface area contributed by atoms with Gasteiger partial charge in [-0.15, -0.1) is 0 Å². The Morgan fingerprint density at radius 3 is 2.71 bits per heavy atom. The number of carbonyl (C=O) groups is 1. The maximum atomic E-state index is 12.2. The molecule has 2 aromatic rings. The van der Waals surface area contributed by atoms with Gasteiger partial charge in [-0.05, 0) is 35.7 Å². The largest absolute Gasteiger partial charge is 0.492 e. The molecule has 1 N–H and O–H groups in total. The molecule has 3 rings (SSSR count). The lowest BCUT2D eigenvalue weighted by Crippen LogP contribution is -2.28. The Labute approximate surface area is 141 Å². The zero-order valence-corrected chi connectivity index (χ0v) is 13.9. The lowest BCUT2D eigenvalue weighted by Gasteiger charge is -2.10. The Bertz CT molecular complexity index is 710. The van der Waals surface area contributed by atoms with Crippen LogP contribution in [0.3, 0.4) is 0 Å². The molecule has 0 fully saturated rings. The van der Waals surface area contributed by atoms with Gasteiger partial charge in [-0.1, -0.05) is 32.0 Å². The van der Waals surface area contributed by atoms with Crippen LogP contribution >= 0.6 is 0 Å². The normalized spacial score (nSPS) is 12.3. The number of fused-ring (bicyclic) bond motifs is 1. The highest BCUT2D eigenvalue weighted by Gasteiger charge is 2.21. The van der Waals surface area contributed by atoms with Crippen molar-refractivity contribution < 1.29 is 19.0 Å². The second kappa shape index (κ2) is 7.25. The lowest BCUT2D eigenvalue weighted by molar-refractivity contribution is 0.0942.